The second-order valence-electron chi connectivity index (χ2n) is 6.15. The van der Waals surface area contributed by atoms with E-state index in [0.717, 1.165) is 30.8 Å². The van der Waals surface area contributed by atoms with Gasteiger partial charge >= 0.3 is 0 Å². The summed E-state index contributed by atoms with van der Waals surface area (Å²) in [7, 11) is 0. The number of pyridine rings is 1. The van der Waals surface area contributed by atoms with E-state index >= 15 is 0 Å². The summed E-state index contributed by atoms with van der Waals surface area (Å²) in [6.45, 7) is 5.50. The monoisotopic (exact) mass is 325 g/mol. The molecule has 2 heterocycles. The van der Waals surface area contributed by atoms with E-state index in [9.17, 15) is 4.79 Å². The molecule has 1 amide bonds. The molecule has 0 aliphatic carbocycles. The Kier molecular flexibility index (Phi) is 5.11. The van der Waals surface area contributed by atoms with E-state index in [1.807, 2.05) is 18.2 Å². The quantitative estimate of drug-likeness (QED) is 0.885. The molecule has 0 bridgehead atoms. The Morgan fingerprint density at radius 2 is 2.17 bits per heavy atom. The molecule has 2 N–H and O–H groups in total. The number of nitrogens with zero attached hydrogens (tertiary/aromatic N) is 1. The van der Waals surface area contributed by atoms with Gasteiger partial charge in [-0.15, -0.1) is 0 Å². The van der Waals surface area contributed by atoms with E-state index < -0.39 is 0 Å². The van der Waals surface area contributed by atoms with Crippen LogP contribution in [0.1, 0.15) is 34.5 Å². The van der Waals surface area contributed by atoms with Gasteiger partial charge in [0.25, 0.3) is 5.91 Å². The van der Waals surface area contributed by atoms with Gasteiger partial charge in [0.2, 0.25) is 0 Å². The van der Waals surface area contributed by atoms with Gasteiger partial charge in [-0.1, -0.05) is 12.1 Å². The summed E-state index contributed by atoms with van der Waals surface area (Å²) in [5, 5.41) is 6.22. The molecule has 1 saturated heterocycles. The molecule has 0 saturated carbocycles. The number of carbonyl (C=O) groups is 1. The lowest BCUT2D eigenvalue weighted by Crippen LogP contribution is -2.32. The molecule has 1 atom stereocenters. The van der Waals surface area contributed by atoms with Gasteiger partial charge in [0, 0.05) is 18.8 Å². The van der Waals surface area contributed by atoms with Gasteiger partial charge in [0.1, 0.15) is 5.69 Å². The third kappa shape index (κ3) is 3.92. The van der Waals surface area contributed by atoms with Crippen LogP contribution in [0.5, 0.6) is 0 Å². The number of amides is 1. The highest BCUT2D eigenvalue weighted by Gasteiger charge is 2.17. The van der Waals surface area contributed by atoms with Crippen LogP contribution in [0, 0.1) is 13.8 Å². The molecule has 24 heavy (non-hydrogen) atoms. The van der Waals surface area contributed by atoms with Crippen LogP contribution in [0.2, 0.25) is 0 Å². The van der Waals surface area contributed by atoms with Crippen molar-refractivity contribution >= 4 is 17.3 Å². The van der Waals surface area contributed by atoms with Crippen molar-refractivity contribution in [1.82, 2.24) is 10.3 Å². The van der Waals surface area contributed by atoms with Crippen molar-refractivity contribution in [3.63, 3.8) is 0 Å². The molecule has 126 valence electrons. The Morgan fingerprint density at radius 3 is 2.88 bits per heavy atom. The minimum atomic E-state index is -0.163. The minimum Gasteiger partial charge on any atom is -0.376 e. The average molecular weight is 325 g/mol. The van der Waals surface area contributed by atoms with Crippen LogP contribution >= 0.6 is 0 Å². The molecule has 0 radical (unpaired) electrons. The fourth-order valence-electron chi connectivity index (χ4n) is 2.75. The summed E-state index contributed by atoms with van der Waals surface area (Å²) in [4.78, 5) is 16.4. The first-order chi connectivity index (χ1) is 11.6. The predicted molar refractivity (Wildman–Crippen MR) is 94.7 cm³/mol. The fourth-order valence-corrected chi connectivity index (χ4v) is 2.75. The zero-order chi connectivity index (χ0) is 16.9. The lowest BCUT2D eigenvalue weighted by Gasteiger charge is -2.12. The SMILES string of the molecule is Cc1cccc(Nc2ccc(C(=O)NCC3CCCO3)nc2)c1C. The Labute approximate surface area is 142 Å². The number of rotatable bonds is 5. The number of aromatic nitrogens is 1. The third-order valence-electron chi connectivity index (χ3n) is 4.39. The number of nitrogens with one attached hydrogen (secondary N) is 2. The largest absolute Gasteiger partial charge is 0.376 e. The molecule has 1 aliphatic heterocycles. The van der Waals surface area contributed by atoms with Crippen molar-refractivity contribution in [3.05, 3.63) is 53.3 Å². The molecule has 1 aromatic carbocycles. The van der Waals surface area contributed by atoms with Crippen molar-refractivity contribution in [2.75, 3.05) is 18.5 Å². The Balaban J connectivity index is 1.60. The van der Waals surface area contributed by atoms with Crippen molar-refractivity contribution < 1.29 is 9.53 Å². The number of anilines is 2. The van der Waals surface area contributed by atoms with Crippen LogP contribution in [-0.4, -0.2) is 30.1 Å². The van der Waals surface area contributed by atoms with Crippen LogP contribution in [-0.2, 0) is 4.74 Å². The van der Waals surface area contributed by atoms with Crippen molar-refractivity contribution in [1.29, 1.82) is 0 Å². The summed E-state index contributed by atoms with van der Waals surface area (Å²) in [5.74, 6) is -0.163. The molecule has 2 aromatic rings. The smallest absolute Gasteiger partial charge is 0.269 e. The topological polar surface area (TPSA) is 63.2 Å². The first-order valence-corrected chi connectivity index (χ1v) is 8.32. The average Bonchev–Trinajstić information content (AvgIpc) is 3.11. The van der Waals surface area contributed by atoms with Gasteiger partial charge in [-0.05, 0) is 56.0 Å². The van der Waals surface area contributed by atoms with Gasteiger partial charge in [0.15, 0.2) is 0 Å². The van der Waals surface area contributed by atoms with Gasteiger partial charge in [0.05, 0.1) is 18.0 Å². The molecule has 5 heteroatoms. The van der Waals surface area contributed by atoms with Crippen LogP contribution in [0.4, 0.5) is 11.4 Å². The summed E-state index contributed by atoms with van der Waals surface area (Å²) < 4.78 is 5.50. The fraction of sp³-hybridized carbons (Fsp3) is 0.368. The summed E-state index contributed by atoms with van der Waals surface area (Å²) >= 11 is 0. The molecule has 5 nitrogen and oxygen atoms in total. The third-order valence-corrected chi connectivity index (χ3v) is 4.39. The number of hydrogen-bond donors (Lipinski definition) is 2. The molecule has 3 rings (SSSR count). The van der Waals surface area contributed by atoms with Crippen LogP contribution in [0.15, 0.2) is 36.5 Å². The maximum absolute atomic E-state index is 12.1. The first-order valence-electron chi connectivity index (χ1n) is 8.32. The summed E-state index contributed by atoms with van der Waals surface area (Å²) in [6, 6.07) is 9.74. The Hall–Kier alpha value is -2.40. The molecular weight excluding hydrogens is 302 g/mol. The lowest BCUT2D eigenvalue weighted by atomic mass is 10.1. The summed E-state index contributed by atoms with van der Waals surface area (Å²) in [6.07, 6.45) is 3.89. The standard InChI is InChI=1S/C19H23N3O2/c1-13-5-3-7-17(14(13)2)22-15-8-9-18(20-11-15)19(23)21-12-16-6-4-10-24-16/h3,5,7-9,11,16,22H,4,6,10,12H2,1-2H3,(H,21,23). The van der Waals surface area contributed by atoms with Crippen LogP contribution in [0.25, 0.3) is 0 Å². The number of benzene rings is 1. The normalized spacial score (nSPS) is 16.8. The number of carbonyl (C=O) groups excluding carboxylic acids is 1. The highest BCUT2D eigenvalue weighted by Crippen LogP contribution is 2.22. The predicted octanol–water partition coefficient (Wildman–Crippen LogP) is 3.35. The molecule has 1 fully saturated rings. The zero-order valence-electron chi connectivity index (χ0n) is 14.1. The summed E-state index contributed by atoms with van der Waals surface area (Å²) in [5.41, 5.74) is 4.76. The molecular formula is C19H23N3O2. The van der Waals surface area contributed by atoms with E-state index in [4.69, 9.17) is 4.74 Å². The van der Waals surface area contributed by atoms with E-state index in [0.29, 0.717) is 12.2 Å². The van der Waals surface area contributed by atoms with Crippen LogP contribution < -0.4 is 10.6 Å². The van der Waals surface area contributed by atoms with E-state index in [1.165, 1.54) is 11.1 Å². The lowest BCUT2D eigenvalue weighted by molar-refractivity contribution is 0.0854. The van der Waals surface area contributed by atoms with E-state index in [2.05, 4.69) is 35.5 Å². The molecule has 1 unspecified atom stereocenters. The van der Waals surface area contributed by atoms with Gasteiger partial charge in [-0.3, -0.25) is 4.79 Å². The molecule has 0 spiro atoms. The van der Waals surface area contributed by atoms with E-state index in [-0.39, 0.29) is 12.0 Å². The number of hydrogen-bond acceptors (Lipinski definition) is 4. The molecule has 1 aliphatic rings. The second kappa shape index (κ2) is 7.45. The van der Waals surface area contributed by atoms with Crippen molar-refractivity contribution in [2.24, 2.45) is 0 Å². The Morgan fingerprint density at radius 1 is 1.29 bits per heavy atom. The van der Waals surface area contributed by atoms with E-state index in [1.54, 1.807) is 12.3 Å². The second-order valence-corrected chi connectivity index (χ2v) is 6.15. The van der Waals surface area contributed by atoms with Crippen molar-refractivity contribution in [2.45, 2.75) is 32.8 Å². The van der Waals surface area contributed by atoms with Crippen LogP contribution in [0.3, 0.4) is 0 Å². The number of ether oxygens (including phenoxy) is 1. The van der Waals surface area contributed by atoms with Crippen molar-refractivity contribution in [3.8, 4) is 0 Å². The maximum Gasteiger partial charge on any atom is 0.269 e. The highest BCUT2D eigenvalue weighted by molar-refractivity contribution is 5.92. The highest BCUT2D eigenvalue weighted by atomic mass is 16.5. The Bertz CT molecular complexity index is 707. The van der Waals surface area contributed by atoms with Gasteiger partial charge < -0.3 is 15.4 Å². The van der Waals surface area contributed by atoms with Gasteiger partial charge in [-0.2, -0.15) is 0 Å². The molecule has 1 aromatic heterocycles. The zero-order valence-corrected chi connectivity index (χ0v) is 14.1. The first kappa shape index (κ1) is 16.5. The van der Waals surface area contributed by atoms with Gasteiger partial charge in [-0.25, -0.2) is 4.98 Å². The minimum absolute atomic E-state index is 0.138. The maximum atomic E-state index is 12.1. The number of aryl methyl sites for hydroxylation is 1.